The molecule has 4 nitrogen and oxygen atoms in total. The Kier molecular flexibility index (Phi) is 4.56. The van der Waals surface area contributed by atoms with E-state index in [4.69, 9.17) is 4.74 Å². The van der Waals surface area contributed by atoms with Crippen LogP contribution in [0.5, 0.6) is 0 Å². The first-order valence-electron chi connectivity index (χ1n) is 9.07. The molecule has 2 saturated heterocycles. The fourth-order valence-corrected chi connectivity index (χ4v) is 5.58. The fourth-order valence-electron chi connectivity index (χ4n) is 4.55. The number of ether oxygens (including phenoxy) is 1. The molecule has 1 aromatic heterocycles. The number of methoxy groups -OCH3 is 1. The van der Waals surface area contributed by atoms with Crippen molar-refractivity contribution in [3.05, 3.63) is 35.2 Å². The highest BCUT2D eigenvalue weighted by atomic mass is 32.1. The lowest BCUT2D eigenvalue weighted by Crippen LogP contribution is -2.43. The van der Waals surface area contributed by atoms with Gasteiger partial charge in [0.05, 0.1) is 11.5 Å². The maximum absolute atomic E-state index is 12.9. The van der Waals surface area contributed by atoms with Crippen LogP contribution in [0.2, 0.25) is 0 Å². The average Bonchev–Trinajstić information content (AvgIpc) is 3.17. The summed E-state index contributed by atoms with van der Waals surface area (Å²) in [6.45, 7) is 3.69. The first kappa shape index (κ1) is 17.0. The number of likely N-dealkylation sites (N-methyl/N-ethyl adjacent to an activating group) is 1. The average molecular weight is 359 g/mol. The van der Waals surface area contributed by atoms with Crippen molar-refractivity contribution in [2.75, 3.05) is 40.4 Å². The number of thiophene rings is 1. The number of benzene rings is 1. The van der Waals surface area contributed by atoms with Crippen molar-refractivity contribution in [2.24, 2.45) is 5.41 Å². The second-order valence-electron chi connectivity index (χ2n) is 7.67. The number of carbonyl (C=O) groups excluding carboxylic acids is 1. The number of likely N-dealkylation sites (tertiary alicyclic amines) is 2. The highest BCUT2D eigenvalue weighted by Gasteiger charge is 2.44. The topological polar surface area (TPSA) is 32.8 Å². The number of amides is 1. The first-order chi connectivity index (χ1) is 12.1. The molecule has 2 aliphatic heterocycles. The zero-order valence-corrected chi connectivity index (χ0v) is 15.8. The van der Waals surface area contributed by atoms with Gasteiger partial charge in [-0.25, -0.2) is 0 Å². The van der Waals surface area contributed by atoms with Crippen LogP contribution in [-0.4, -0.2) is 62.1 Å². The van der Waals surface area contributed by atoms with Gasteiger partial charge >= 0.3 is 0 Å². The molecule has 0 bridgehead atoms. The van der Waals surface area contributed by atoms with Gasteiger partial charge in [-0.05, 0) is 49.2 Å². The number of fused-ring (bicyclic) bond motifs is 1. The summed E-state index contributed by atoms with van der Waals surface area (Å²) >= 11 is 1.61. The van der Waals surface area contributed by atoms with E-state index >= 15 is 0 Å². The van der Waals surface area contributed by atoms with Gasteiger partial charge in [0.2, 0.25) is 0 Å². The van der Waals surface area contributed by atoms with Crippen molar-refractivity contribution in [3.8, 4) is 0 Å². The minimum atomic E-state index is 0.204. The number of rotatable bonds is 3. The molecule has 4 rings (SSSR count). The van der Waals surface area contributed by atoms with E-state index in [1.807, 2.05) is 18.2 Å². The van der Waals surface area contributed by atoms with Crippen LogP contribution in [0.3, 0.4) is 0 Å². The van der Waals surface area contributed by atoms with E-state index in [1.165, 1.54) is 16.5 Å². The van der Waals surface area contributed by atoms with Crippen molar-refractivity contribution < 1.29 is 9.53 Å². The summed E-state index contributed by atoms with van der Waals surface area (Å²) in [6.07, 6.45) is 3.41. The van der Waals surface area contributed by atoms with Gasteiger partial charge in [-0.1, -0.05) is 18.2 Å². The van der Waals surface area contributed by atoms with Gasteiger partial charge in [0, 0.05) is 37.5 Å². The maximum Gasteiger partial charge on any atom is 0.263 e. The second-order valence-corrected chi connectivity index (χ2v) is 8.75. The molecule has 1 amide bonds. The van der Waals surface area contributed by atoms with Crippen LogP contribution < -0.4 is 0 Å². The molecule has 0 N–H and O–H groups in total. The molecule has 134 valence electrons. The molecule has 0 unspecified atom stereocenters. The summed E-state index contributed by atoms with van der Waals surface area (Å²) in [7, 11) is 3.98. The Morgan fingerprint density at radius 2 is 2.08 bits per heavy atom. The van der Waals surface area contributed by atoms with E-state index in [0.29, 0.717) is 11.5 Å². The van der Waals surface area contributed by atoms with E-state index < -0.39 is 0 Å². The van der Waals surface area contributed by atoms with Gasteiger partial charge in [0.25, 0.3) is 5.91 Å². The third kappa shape index (κ3) is 3.21. The molecule has 2 aliphatic rings. The van der Waals surface area contributed by atoms with Crippen LogP contribution in [0.15, 0.2) is 30.3 Å². The van der Waals surface area contributed by atoms with Crippen molar-refractivity contribution in [2.45, 2.75) is 25.3 Å². The number of nitrogens with zero attached hydrogens (tertiary/aromatic N) is 2. The van der Waals surface area contributed by atoms with Crippen molar-refractivity contribution >= 4 is 27.3 Å². The summed E-state index contributed by atoms with van der Waals surface area (Å²) in [5, 5.41) is 1.17. The van der Waals surface area contributed by atoms with E-state index in [0.717, 1.165) is 44.0 Å². The van der Waals surface area contributed by atoms with Gasteiger partial charge in [0.15, 0.2) is 0 Å². The van der Waals surface area contributed by atoms with Crippen molar-refractivity contribution in [1.29, 1.82) is 0 Å². The Morgan fingerprint density at radius 1 is 1.32 bits per heavy atom. The predicted molar refractivity (Wildman–Crippen MR) is 102 cm³/mol. The molecule has 2 aromatic rings. The largest absolute Gasteiger partial charge is 0.383 e. The Morgan fingerprint density at radius 3 is 2.80 bits per heavy atom. The summed E-state index contributed by atoms with van der Waals surface area (Å²) in [6, 6.07) is 10.8. The van der Waals surface area contributed by atoms with Gasteiger partial charge in [-0.2, -0.15) is 0 Å². The Bertz CT molecular complexity index is 731. The number of piperidine rings is 1. The summed E-state index contributed by atoms with van der Waals surface area (Å²) in [5.41, 5.74) is 0.370. The monoisotopic (exact) mass is 358 g/mol. The van der Waals surface area contributed by atoms with E-state index in [1.54, 1.807) is 18.4 Å². The normalized spacial score (nSPS) is 23.6. The summed E-state index contributed by atoms with van der Waals surface area (Å²) < 4.78 is 6.56. The minimum Gasteiger partial charge on any atom is -0.383 e. The highest BCUT2D eigenvalue weighted by Crippen LogP contribution is 2.43. The minimum absolute atomic E-state index is 0.204. The summed E-state index contributed by atoms with van der Waals surface area (Å²) in [5.74, 6) is 0.204. The maximum atomic E-state index is 12.9. The zero-order valence-electron chi connectivity index (χ0n) is 15.0. The number of hydrogen-bond donors (Lipinski definition) is 0. The Hall–Kier alpha value is -1.43. The first-order valence-corrected chi connectivity index (χ1v) is 9.89. The van der Waals surface area contributed by atoms with Crippen molar-refractivity contribution in [3.63, 3.8) is 0 Å². The van der Waals surface area contributed by atoms with Gasteiger partial charge in [-0.3, -0.25) is 4.79 Å². The van der Waals surface area contributed by atoms with Gasteiger partial charge in [-0.15, -0.1) is 11.3 Å². The van der Waals surface area contributed by atoms with E-state index in [-0.39, 0.29) is 5.91 Å². The molecule has 0 aliphatic carbocycles. The molecule has 1 atom stereocenters. The summed E-state index contributed by atoms with van der Waals surface area (Å²) in [4.78, 5) is 18.3. The predicted octanol–water partition coefficient (Wildman–Crippen LogP) is 3.47. The Balaban J connectivity index is 1.42. The lowest BCUT2D eigenvalue weighted by atomic mass is 9.76. The molecule has 0 radical (unpaired) electrons. The van der Waals surface area contributed by atoms with Gasteiger partial charge in [0.1, 0.15) is 0 Å². The zero-order chi connectivity index (χ0) is 17.4. The quantitative estimate of drug-likeness (QED) is 0.842. The van der Waals surface area contributed by atoms with E-state index in [9.17, 15) is 4.79 Å². The second kappa shape index (κ2) is 6.71. The number of carbonyl (C=O) groups is 1. The lowest BCUT2D eigenvalue weighted by molar-refractivity contribution is 0.0597. The number of hydrogen-bond acceptors (Lipinski definition) is 4. The molecule has 0 saturated carbocycles. The van der Waals surface area contributed by atoms with Crippen LogP contribution in [0.4, 0.5) is 0 Å². The molecule has 1 aromatic carbocycles. The molecule has 25 heavy (non-hydrogen) atoms. The van der Waals surface area contributed by atoms with Crippen LogP contribution in [0.1, 0.15) is 28.9 Å². The standard InChI is InChI=1S/C20H26N2O2S/c1-21-14-20(12-16(21)13-24-2)7-9-22(10-8-20)19(23)18-11-15-5-3-4-6-17(15)25-18/h3-6,11,16H,7-10,12-14H2,1-2H3/t16-/m0/s1. The van der Waals surface area contributed by atoms with Gasteiger partial charge < -0.3 is 14.5 Å². The molecule has 2 fully saturated rings. The SMILES string of the molecule is COC[C@@H]1CC2(CCN(C(=O)c3cc4ccccc4s3)CC2)CN1C. The smallest absolute Gasteiger partial charge is 0.263 e. The highest BCUT2D eigenvalue weighted by molar-refractivity contribution is 7.20. The molecule has 3 heterocycles. The third-order valence-corrected chi connectivity index (χ3v) is 7.09. The van der Waals surface area contributed by atoms with Crippen molar-refractivity contribution in [1.82, 2.24) is 9.80 Å². The fraction of sp³-hybridized carbons (Fsp3) is 0.550. The van der Waals surface area contributed by atoms with Crippen LogP contribution in [-0.2, 0) is 4.74 Å². The Labute approximate surface area is 153 Å². The van der Waals surface area contributed by atoms with Crippen LogP contribution in [0.25, 0.3) is 10.1 Å². The molecule has 5 heteroatoms. The van der Waals surface area contributed by atoms with E-state index in [2.05, 4.69) is 29.0 Å². The van der Waals surface area contributed by atoms with Crippen LogP contribution >= 0.6 is 11.3 Å². The lowest BCUT2D eigenvalue weighted by Gasteiger charge is -2.39. The molecular formula is C20H26N2O2S. The van der Waals surface area contributed by atoms with Crippen LogP contribution in [0, 0.1) is 5.41 Å². The third-order valence-electron chi connectivity index (χ3n) is 5.98. The molecule has 1 spiro atoms. The molecular weight excluding hydrogens is 332 g/mol.